The Labute approximate surface area is 111 Å². The summed E-state index contributed by atoms with van der Waals surface area (Å²) in [6, 6.07) is 9.84. The zero-order valence-electron chi connectivity index (χ0n) is 10.6. The summed E-state index contributed by atoms with van der Waals surface area (Å²) in [4.78, 5) is 16.9. The van der Waals surface area contributed by atoms with Crippen LogP contribution in [-0.2, 0) is 4.74 Å². The standard InChI is InChI=1S/C16H15NO2/c18-16(13-8-12-5-6-15(13)19-12)11-7-10-3-1-2-4-14(10)17-9-11/h1-4,7,9,12-13,15H,5-6,8H2. The van der Waals surface area contributed by atoms with Crippen LogP contribution in [-0.4, -0.2) is 23.0 Å². The normalized spacial score (nSPS) is 28.9. The van der Waals surface area contributed by atoms with E-state index in [0.29, 0.717) is 6.10 Å². The third-order valence-electron chi connectivity index (χ3n) is 4.32. The molecule has 3 atom stereocenters. The number of rotatable bonds is 2. The molecule has 3 nitrogen and oxygen atoms in total. The molecule has 19 heavy (non-hydrogen) atoms. The fourth-order valence-corrected chi connectivity index (χ4v) is 3.33. The average Bonchev–Trinajstić information content (AvgIpc) is 3.08. The van der Waals surface area contributed by atoms with Crippen LogP contribution in [0.5, 0.6) is 0 Å². The Morgan fingerprint density at radius 2 is 2.16 bits per heavy atom. The molecule has 2 fully saturated rings. The number of nitrogens with zero attached hydrogens (tertiary/aromatic N) is 1. The van der Waals surface area contributed by atoms with Crippen molar-refractivity contribution in [1.82, 2.24) is 4.98 Å². The first-order chi connectivity index (χ1) is 9.31. The molecule has 0 aliphatic carbocycles. The van der Waals surface area contributed by atoms with Crippen LogP contribution < -0.4 is 0 Å². The van der Waals surface area contributed by atoms with Gasteiger partial charge in [0, 0.05) is 17.1 Å². The highest BCUT2D eigenvalue weighted by molar-refractivity contribution is 6.00. The Hall–Kier alpha value is -1.74. The maximum absolute atomic E-state index is 12.6. The molecule has 2 bridgehead atoms. The first-order valence-corrected chi connectivity index (χ1v) is 6.86. The van der Waals surface area contributed by atoms with Gasteiger partial charge in [-0.1, -0.05) is 18.2 Å². The number of carbonyl (C=O) groups excluding carboxylic acids is 1. The summed E-state index contributed by atoms with van der Waals surface area (Å²) in [5.41, 5.74) is 1.66. The summed E-state index contributed by atoms with van der Waals surface area (Å²) in [6.45, 7) is 0. The highest BCUT2D eigenvalue weighted by Crippen LogP contribution is 2.40. The predicted molar refractivity (Wildman–Crippen MR) is 72.1 cm³/mol. The second kappa shape index (κ2) is 4.14. The minimum Gasteiger partial charge on any atom is -0.374 e. The van der Waals surface area contributed by atoms with Crippen molar-refractivity contribution in [3.63, 3.8) is 0 Å². The number of ether oxygens (including phenoxy) is 1. The quantitative estimate of drug-likeness (QED) is 0.772. The third kappa shape index (κ3) is 1.77. The first kappa shape index (κ1) is 11.1. The molecule has 0 radical (unpaired) electrons. The summed E-state index contributed by atoms with van der Waals surface area (Å²) in [7, 11) is 0. The Morgan fingerprint density at radius 3 is 2.95 bits per heavy atom. The van der Waals surface area contributed by atoms with E-state index in [0.717, 1.165) is 35.7 Å². The summed E-state index contributed by atoms with van der Waals surface area (Å²) in [5.74, 6) is 0.243. The van der Waals surface area contributed by atoms with E-state index in [-0.39, 0.29) is 17.8 Å². The molecule has 2 aliphatic rings. The minimum absolute atomic E-state index is 0.0433. The molecule has 3 unspecified atom stereocenters. The van der Waals surface area contributed by atoms with Gasteiger partial charge in [-0.25, -0.2) is 0 Å². The van der Waals surface area contributed by atoms with Gasteiger partial charge in [0.2, 0.25) is 0 Å². The highest BCUT2D eigenvalue weighted by Gasteiger charge is 2.44. The largest absolute Gasteiger partial charge is 0.374 e. The zero-order valence-corrected chi connectivity index (χ0v) is 10.6. The maximum Gasteiger partial charge on any atom is 0.170 e. The van der Waals surface area contributed by atoms with E-state index in [1.54, 1.807) is 6.20 Å². The fourth-order valence-electron chi connectivity index (χ4n) is 3.33. The number of benzene rings is 1. The van der Waals surface area contributed by atoms with Crippen LogP contribution in [0.1, 0.15) is 29.6 Å². The van der Waals surface area contributed by atoms with E-state index in [9.17, 15) is 4.79 Å². The van der Waals surface area contributed by atoms with Crippen LogP contribution in [0.25, 0.3) is 10.9 Å². The number of fused-ring (bicyclic) bond motifs is 3. The van der Waals surface area contributed by atoms with Gasteiger partial charge < -0.3 is 4.74 Å². The van der Waals surface area contributed by atoms with Crippen LogP contribution in [0.4, 0.5) is 0 Å². The van der Waals surface area contributed by atoms with E-state index in [1.807, 2.05) is 30.3 Å². The lowest BCUT2D eigenvalue weighted by atomic mass is 9.84. The van der Waals surface area contributed by atoms with Crippen LogP contribution in [0.2, 0.25) is 0 Å². The van der Waals surface area contributed by atoms with Crippen molar-refractivity contribution >= 4 is 16.7 Å². The van der Waals surface area contributed by atoms with Gasteiger partial charge in [0.05, 0.1) is 23.6 Å². The van der Waals surface area contributed by atoms with Gasteiger partial charge in [-0.15, -0.1) is 0 Å². The molecule has 1 aromatic heterocycles. The number of pyridine rings is 1. The number of hydrogen-bond acceptors (Lipinski definition) is 3. The maximum atomic E-state index is 12.6. The van der Waals surface area contributed by atoms with Crippen LogP contribution >= 0.6 is 0 Å². The molecule has 0 N–H and O–H groups in total. The highest BCUT2D eigenvalue weighted by atomic mass is 16.5. The van der Waals surface area contributed by atoms with Gasteiger partial charge in [-0.3, -0.25) is 9.78 Å². The van der Waals surface area contributed by atoms with Crippen molar-refractivity contribution < 1.29 is 9.53 Å². The summed E-state index contributed by atoms with van der Waals surface area (Å²) in [5, 5.41) is 1.03. The SMILES string of the molecule is O=C(c1cnc2ccccc2c1)C1CC2CCC1O2. The third-order valence-corrected chi connectivity index (χ3v) is 4.32. The lowest BCUT2D eigenvalue weighted by molar-refractivity contribution is 0.0743. The van der Waals surface area contributed by atoms with E-state index in [2.05, 4.69) is 4.98 Å². The van der Waals surface area contributed by atoms with E-state index >= 15 is 0 Å². The van der Waals surface area contributed by atoms with E-state index in [4.69, 9.17) is 4.74 Å². The summed E-state index contributed by atoms with van der Waals surface area (Å²) in [6.07, 6.45) is 5.19. The second-order valence-corrected chi connectivity index (χ2v) is 5.50. The summed E-state index contributed by atoms with van der Waals surface area (Å²) >= 11 is 0. The van der Waals surface area contributed by atoms with Crippen LogP contribution in [0.3, 0.4) is 0 Å². The van der Waals surface area contributed by atoms with Gasteiger partial charge in [-0.05, 0) is 31.4 Å². The molecule has 2 aromatic rings. The Morgan fingerprint density at radius 1 is 1.26 bits per heavy atom. The van der Waals surface area contributed by atoms with Crippen molar-refractivity contribution in [2.75, 3.05) is 0 Å². The Balaban J connectivity index is 1.68. The van der Waals surface area contributed by atoms with E-state index in [1.165, 1.54) is 0 Å². The van der Waals surface area contributed by atoms with Crippen LogP contribution in [0.15, 0.2) is 36.5 Å². The molecule has 1 aromatic carbocycles. The Bertz CT molecular complexity index is 652. The van der Waals surface area contributed by atoms with Crippen molar-refractivity contribution in [3.8, 4) is 0 Å². The molecule has 3 heterocycles. The molecule has 96 valence electrons. The van der Waals surface area contributed by atoms with E-state index < -0.39 is 0 Å². The van der Waals surface area contributed by atoms with Gasteiger partial charge in [0.25, 0.3) is 0 Å². The zero-order chi connectivity index (χ0) is 12.8. The molecule has 2 aliphatic heterocycles. The molecular formula is C16H15NO2. The van der Waals surface area contributed by atoms with Crippen molar-refractivity contribution in [2.45, 2.75) is 31.5 Å². The first-order valence-electron chi connectivity index (χ1n) is 6.86. The van der Waals surface area contributed by atoms with Gasteiger partial charge in [0.15, 0.2) is 5.78 Å². The lowest BCUT2D eigenvalue weighted by Gasteiger charge is -2.17. The molecule has 0 saturated carbocycles. The number of carbonyl (C=O) groups is 1. The van der Waals surface area contributed by atoms with Gasteiger partial charge in [0.1, 0.15) is 0 Å². The van der Waals surface area contributed by atoms with Crippen LogP contribution in [0, 0.1) is 5.92 Å². The van der Waals surface area contributed by atoms with Crippen molar-refractivity contribution in [3.05, 3.63) is 42.1 Å². The number of ketones is 1. The molecule has 2 saturated heterocycles. The minimum atomic E-state index is 0.0433. The number of Topliss-reactive ketones (excluding diaryl/α,β-unsaturated/α-hetero) is 1. The number of aromatic nitrogens is 1. The van der Waals surface area contributed by atoms with Gasteiger partial charge in [-0.2, -0.15) is 0 Å². The summed E-state index contributed by atoms with van der Waals surface area (Å²) < 4.78 is 5.77. The predicted octanol–water partition coefficient (Wildman–Crippen LogP) is 2.99. The molecule has 0 amide bonds. The number of hydrogen-bond donors (Lipinski definition) is 0. The number of para-hydroxylation sites is 1. The van der Waals surface area contributed by atoms with Crippen molar-refractivity contribution in [1.29, 1.82) is 0 Å². The molecular weight excluding hydrogens is 238 g/mol. The fraction of sp³-hybridized carbons (Fsp3) is 0.375. The topological polar surface area (TPSA) is 39.2 Å². The smallest absolute Gasteiger partial charge is 0.170 e. The van der Waals surface area contributed by atoms with Gasteiger partial charge >= 0.3 is 0 Å². The molecule has 0 spiro atoms. The van der Waals surface area contributed by atoms with Crippen molar-refractivity contribution in [2.24, 2.45) is 5.92 Å². The monoisotopic (exact) mass is 253 g/mol. The lowest BCUT2D eigenvalue weighted by Crippen LogP contribution is -2.25. The second-order valence-electron chi connectivity index (χ2n) is 5.50. The molecule has 4 rings (SSSR count). The average molecular weight is 253 g/mol. The Kier molecular flexibility index (Phi) is 2.42. The molecule has 3 heteroatoms.